The Morgan fingerprint density at radius 1 is 1.03 bits per heavy atom. The first-order valence-corrected chi connectivity index (χ1v) is 12.5. The third-order valence-corrected chi connectivity index (χ3v) is 6.37. The number of aromatic amines is 1. The second kappa shape index (κ2) is 11.8. The zero-order valence-electron chi connectivity index (χ0n) is 22.1. The number of methoxy groups -OCH3 is 2. The second-order valence-corrected chi connectivity index (χ2v) is 9.19. The van der Waals surface area contributed by atoms with Crippen LogP contribution in [-0.4, -0.2) is 59.6 Å². The summed E-state index contributed by atoms with van der Waals surface area (Å²) in [4.78, 5) is 28.6. The Morgan fingerprint density at radius 2 is 1.74 bits per heavy atom. The third kappa shape index (κ3) is 5.66. The molecule has 0 aliphatic carbocycles. The molecule has 38 heavy (non-hydrogen) atoms. The number of aryl methyl sites for hydroxylation is 1. The predicted octanol–water partition coefficient (Wildman–Crippen LogP) is 3.38. The minimum Gasteiger partial charge on any atom is -0.506 e. The van der Waals surface area contributed by atoms with Crippen molar-refractivity contribution in [2.45, 2.75) is 52.4 Å². The van der Waals surface area contributed by atoms with Gasteiger partial charge in [-0.15, -0.1) is 0 Å². The number of aromatic nitrogens is 1. The normalized spacial score (nSPS) is 14.5. The van der Waals surface area contributed by atoms with Crippen molar-refractivity contribution in [3.8, 4) is 28.4 Å². The highest BCUT2D eigenvalue weighted by Gasteiger charge is 2.28. The molecule has 3 N–H and O–H groups in total. The van der Waals surface area contributed by atoms with Crippen LogP contribution < -0.4 is 20.3 Å². The van der Waals surface area contributed by atoms with Crippen molar-refractivity contribution >= 4 is 28.8 Å². The standard InChI is InChI=1S/C27H32N6O5/c1-5-6-8-18-23(25-20(37-3)9-7-10-21(25)38-4)26(35)24(27(36)29-18)19-12-16(31-33-19)13-22(34)28-14-17-11-15(2)30-32-17/h7,9-10H,5-6,8,11-14H2,1-4H3,(H,28,34)(H2,29,35,36). The molecule has 0 unspecified atom stereocenters. The van der Waals surface area contributed by atoms with Crippen LogP contribution in [0.1, 0.15) is 57.2 Å². The van der Waals surface area contributed by atoms with Crippen molar-refractivity contribution in [3.05, 3.63) is 39.8 Å². The topological polar surface area (TPSA) is 150 Å². The Kier molecular flexibility index (Phi) is 8.35. The van der Waals surface area contributed by atoms with Crippen LogP contribution in [0.3, 0.4) is 0 Å². The Labute approximate surface area is 220 Å². The summed E-state index contributed by atoms with van der Waals surface area (Å²) in [6.07, 6.45) is 3.06. The van der Waals surface area contributed by atoms with Gasteiger partial charge in [0.05, 0.1) is 55.4 Å². The first-order valence-electron chi connectivity index (χ1n) is 12.5. The van der Waals surface area contributed by atoms with Gasteiger partial charge >= 0.3 is 0 Å². The van der Waals surface area contributed by atoms with Gasteiger partial charge in [-0.25, -0.2) is 0 Å². The van der Waals surface area contributed by atoms with Gasteiger partial charge in [0.25, 0.3) is 5.56 Å². The molecule has 0 atom stereocenters. The van der Waals surface area contributed by atoms with Gasteiger partial charge < -0.3 is 24.9 Å². The molecule has 3 heterocycles. The van der Waals surface area contributed by atoms with Gasteiger partial charge in [0, 0.05) is 24.2 Å². The molecule has 11 nitrogen and oxygen atoms in total. The Morgan fingerprint density at radius 3 is 2.37 bits per heavy atom. The number of hydrogen-bond donors (Lipinski definition) is 3. The van der Waals surface area contributed by atoms with E-state index >= 15 is 0 Å². The van der Waals surface area contributed by atoms with E-state index in [2.05, 4.69) is 30.7 Å². The molecule has 0 radical (unpaired) electrons. The molecule has 11 heteroatoms. The summed E-state index contributed by atoms with van der Waals surface area (Å²) in [5.41, 5.74) is 3.55. The summed E-state index contributed by atoms with van der Waals surface area (Å²) < 4.78 is 11.2. The summed E-state index contributed by atoms with van der Waals surface area (Å²) in [5, 5.41) is 30.6. The number of H-pyrrole nitrogens is 1. The first-order chi connectivity index (χ1) is 18.4. The van der Waals surface area contributed by atoms with Gasteiger partial charge in [-0.3, -0.25) is 9.59 Å². The highest BCUT2D eigenvalue weighted by atomic mass is 16.5. The maximum atomic E-state index is 13.2. The molecule has 0 saturated carbocycles. The van der Waals surface area contributed by atoms with Gasteiger partial charge in [0.2, 0.25) is 5.91 Å². The summed E-state index contributed by atoms with van der Waals surface area (Å²) in [6, 6.07) is 5.32. The highest BCUT2D eigenvalue weighted by molar-refractivity contribution is 6.20. The maximum Gasteiger partial charge on any atom is 0.261 e. The van der Waals surface area contributed by atoms with Gasteiger partial charge in [-0.05, 0) is 31.9 Å². The number of ether oxygens (including phenoxy) is 2. The Balaban J connectivity index is 1.60. The smallest absolute Gasteiger partial charge is 0.261 e. The number of carbonyl (C=O) groups is 1. The van der Waals surface area contributed by atoms with Crippen molar-refractivity contribution in [1.82, 2.24) is 10.3 Å². The molecule has 0 saturated heterocycles. The fourth-order valence-corrected chi connectivity index (χ4v) is 4.51. The number of aromatic hydroxyl groups is 1. The van der Waals surface area contributed by atoms with E-state index in [9.17, 15) is 14.7 Å². The molecule has 2 aliphatic heterocycles. The fraction of sp³-hybridized carbons (Fsp3) is 0.407. The van der Waals surface area contributed by atoms with E-state index in [1.54, 1.807) is 18.2 Å². The molecular weight excluding hydrogens is 488 g/mol. The molecule has 200 valence electrons. The molecule has 0 spiro atoms. The zero-order chi connectivity index (χ0) is 27.2. The number of amides is 1. The first kappa shape index (κ1) is 26.8. The van der Waals surface area contributed by atoms with Gasteiger partial charge in [-0.2, -0.15) is 20.4 Å². The predicted molar refractivity (Wildman–Crippen MR) is 147 cm³/mol. The van der Waals surface area contributed by atoms with Crippen molar-refractivity contribution < 1.29 is 19.4 Å². The van der Waals surface area contributed by atoms with E-state index in [1.807, 2.05) is 13.8 Å². The number of nitrogens with zero attached hydrogens (tertiary/aromatic N) is 4. The van der Waals surface area contributed by atoms with E-state index in [1.165, 1.54) is 14.2 Å². The van der Waals surface area contributed by atoms with Crippen molar-refractivity contribution in [2.24, 2.45) is 20.4 Å². The number of unbranched alkanes of at least 4 members (excludes halogenated alkanes) is 1. The molecular formula is C27H32N6O5. The molecule has 2 aliphatic rings. The molecule has 1 aromatic carbocycles. The molecule has 0 fully saturated rings. The van der Waals surface area contributed by atoms with Gasteiger partial charge in [-0.1, -0.05) is 19.4 Å². The fourth-order valence-electron chi connectivity index (χ4n) is 4.51. The maximum absolute atomic E-state index is 13.2. The molecule has 2 aromatic rings. The quantitative estimate of drug-likeness (QED) is 0.415. The number of rotatable bonds is 11. The zero-order valence-corrected chi connectivity index (χ0v) is 22.1. The van der Waals surface area contributed by atoms with Crippen LogP contribution >= 0.6 is 0 Å². The highest BCUT2D eigenvalue weighted by Crippen LogP contribution is 2.45. The SMILES string of the molecule is CCCCc1[nH]c(=O)c(C2=NN=C(CC(=O)NCC3=NN=C(C)C3)C2)c(O)c1-c1c(OC)cccc1OC. The molecule has 1 aromatic heterocycles. The van der Waals surface area contributed by atoms with Gasteiger partial charge in [0.1, 0.15) is 22.8 Å². The second-order valence-electron chi connectivity index (χ2n) is 9.19. The molecule has 4 rings (SSSR count). The number of nitrogens with one attached hydrogen (secondary N) is 2. The number of benzene rings is 1. The third-order valence-electron chi connectivity index (χ3n) is 6.37. The summed E-state index contributed by atoms with van der Waals surface area (Å²) in [7, 11) is 3.07. The molecule has 1 amide bonds. The van der Waals surface area contributed by atoms with Gasteiger partial charge in [0.15, 0.2) is 0 Å². The lowest BCUT2D eigenvalue weighted by Gasteiger charge is -2.19. The number of pyridine rings is 1. The average molecular weight is 521 g/mol. The largest absolute Gasteiger partial charge is 0.506 e. The minimum atomic E-state index is -0.472. The van der Waals surface area contributed by atoms with Crippen molar-refractivity contribution in [2.75, 3.05) is 20.8 Å². The van der Waals surface area contributed by atoms with E-state index in [4.69, 9.17) is 9.47 Å². The Bertz CT molecular complexity index is 1400. The number of carbonyl (C=O) groups excluding carboxylic acids is 1. The molecule has 0 bridgehead atoms. The van der Waals surface area contributed by atoms with Crippen LogP contribution in [0.2, 0.25) is 0 Å². The number of hydrogen-bond acceptors (Lipinski definition) is 9. The van der Waals surface area contributed by atoms with Crippen molar-refractivity contribution in [3.63, 3.8) is 0 Å². The lowest BCUT2D eigenvalue weighted by Crippen LogP contribution is -2.31. The monoisotopic (exact) mass is 520 g/mol. The van der Waals surface area contributed by atoms with Crippen LogP contribution in [0, 0.1) is 0 Å². The van der Waals surface area contributed by atoms with Crippen LogP contribution in [0.15, 0.2) is 43.4 Å². The van der Waals surface area contributed by atoms with Crippen LogP contribution in [-0.2, 0) is 11.2 Å². The summed E-state index contributed by atoms with van der Waals surface area (Å²) in [6.45, 7) is 4.24. The Hall–Kier alpha value is -4.28. The average Bonchev–Trinajstić information content (AvgIpc) is 3.54. The van der Waals surface area contributed by atoms with E-state index in [-0.39, 0.29) is 35.8 Å². The van der Waals surface area contributed by atoms with Crippen LogP contribution in [0.4, 0.5) is 0 Å². The van der Waals surface area contributed by atoms with Crippen LogP contribution in [0.25, 0.3) is 11.1 Å². The van der Waals surface area contributed by atoms with Crippen LogP contribution in [0.5, 0.6) is 17.2 Å². The van der Waals surface area contributed by atoms with E-state index in [0.29, 0.717) is 53.4 Å². The lowest BCUT2D eigenvalue weighted by molar-refractivity contribution is -0.119. The van der Waals surface area contributed by atoms with E-state index < -0.39 is 5.56 Å². The summed E-state index contributed by atoms with van der Waals surface area (Å²) >= 11 is 0. The van der Waals surface area contributed by atoms with Crippen molar-refractivity contribution in [1.29, 1.82) is 0 Å². The minimum absolute atomic E-state index is 0.0142. The van der Waals surface area contributed by atoms with E-state index in [0.717, 1.165) is 24.3 Å². The summed E-state index contributed by atoms with van der Waals surface area (Å²) in [5.74, 6) is 0.520. The lowest BCUT2D eigenvalue weighted by atomic mass is 9.93.